The second-order valence-corrected chi connectivity index (χ2v) is 5.33. The van der Waals surface area contributed by atoms with Crippen molar-refractivity contribution >= 4 is 22.4 Å². The Labute approximate surface area is 120 Å². The van der Waals surface area contributed by atoms with E-state index in [2.05, 4.69) is 24.9 Å². The Morgan fingerprint density at radius 3 is 2.90 bits per heavy atom. The van der Waals surface area contributed by atoms with Gasteiger partial charge in [-0.1, -0.05) is 5.16 Å². The molecule has 1 aliphatic rings. The van der Waals surface area contributed by atoms with Crippen molar-refractivity contribution in [2.45, 2.75) is 6.54 Å². The summed E-state index contributed by atoms with van der Waals surface area (Å²) in [6.45, 7) is 3.98. The van der Waals surface area contributed by atoms with Gasteiger partial charge in [0.1, 0.15) is 12.0 Å². The lowest BCUT2D eigenvalue weighted by Crippen LogP contribution is -2.51. The van der Waals surface area contributed by atoms with E-state index in [9.17, 15) is 0 Å². The summed E-state index contributed by atoms with van der Waals surface area (Å²) in [4.78, 5) is 13.0. The van der Waals surface area contributed by atoms with Crippen LogP contribution in [0.2, 0.25) is 0 Å². The van der Waals surface area contributed by atoms with Gasteiger partial charge in [0.2, 0.25) is 0 Å². The standard InChI is InChI=1S/C12H16N6OS/c13-11(15-9-10-1-7-19-16-10)17-3-5-18(6-4-17)12-14-2-8-20-12/h1-2,7-8H,3-6,9H2,(H2,13,15). The van der Waals surface area contributed by atoms with Crippen molar-refractivity contribution in [3.8, 4) is 0 Å². The number of thiazole rings is 1. The molecule has 2 aromatic rings. The van der Waals surface area contributed by atoms with Gasteiger partial charge in [-0.25, -0.2) is 9.98 Å². The van der Waals surface area contributed by atoms with Gasteiger partial charge < -0.3 is 20.1 Å². The van der Waals surface area contributed by atoms with Crippen molar-refractivity contribution in [2.24, 2.45) is 10.7 Å². The Kier molecular flexibility index (Phi) is 3.82. The normalized spacial score (nSPS) is 16.7. The molecule has 0 spiro atoms. The Bertz CT molecular complexity index is 545. The van der Waals surface area contributed by atoms with Gasteiger partial charge in [-0.15, -0.1) is 11.3 Å². The molecule has 1 aliphatic heterocycles. The summed E-state index contributed by atoms with van der Waals surface area (Å²) in [5.41, 5.74) is 6.80. The minimum Gasteiger partial charge on any atom is -0.370 e. The lowest BCUT2D eigenvalue weighted by molar-refractivity contribution is 0.380. The van der Waals surface area contributed by atoms with E-state index in [1.807, 2.05) is 11.6 Å². The summed E-state index contributed by atoms with van der Waals surface area (Å²) in [6, 6.07) is 1.79. The molecular weight excluding hydrogens is 276 g/mol. The maximum atomic E-state index is 6.02. The molecule has 7 nitrogen and oxygen atoms in total. The lowest BCUT2D eigenvalue weighted by atomic mass is 10.3. The zero-order chi connectivity index (χ0) is 13.8. The molecule has 8 heteroatoms. The number of piperazine rings is 1. The summed E-state index contributed by atoms with van der Waals surface area (Å²) in [7, 11) is 0. The van der Waals surface area contributed by atoms with Crippen LogP contribution in [0, 0.1) is 0 Å². The molecule has 2 N–H and O–H groups in total. The van der Waals surface area contributed by atoms with E-state index >= 15 is 0 Å². The van der Waals surface area contributed by atoms with Crippen molar-refractivity contribution in [1.82, 2.24) is 15.0 Å². The highest BCUT2D eigenvalue weighted by molar-refractivity contribution is 7.13. The monoisotopic (exact) mass is 292 g/mol. The first kappa shape index (κ1) is 12.9. The molecule has 0 amide bonds. The van der Waals surface area contributed by atoms with E-state index < -0.39 is 0 Å². The molecule has 0 saturated carbocycles. The van der Waals surface area contributed by atoms with Crippen LogP contribution in [0.15, 0.2) is 33.4 Å². The van der Waals surface area contributed by atoms with Gasteiger partial charge in [0.25, 0.3) is 0 Å². The molecule has 106 valence electrons. The predicted octanol–water partition coefficient (Wildman–Crippen LogP) is 0.768. The number of hydrogen-bond donors (Lipinski definition) is 1. The molecule has 0 unspecified atom stereocenters. The molecule has 1 saturated heterocycles. The van der Waals surface area contributed by atoms with E-state index in [4.69, 9.17) is 10.3 Å². The molecule has 2 aromatic heterocycles. The molecular formula is C12H16N6OS. The van der Waals surface area contributed by atoms with Crippen LogP contribution in [0.3, 0.4) is 0 Å². The van der Waals surface area contributed by atoms with Gasteiger partial charge in [0.15, 0.2) is 11.1 Å². The molecule has 0 radical (unpaired) electrons. The molecule has 0 bridgehead atoms. The largest absolute Gasteiger partial charge is 0.370 e. The van der Waals surface area contributed by atoms with Crippen molar-refractivity contribution in [3.05, 3.63) is 29.6 Å². The van der Waals surface area contributed by atoms with Gasteiger partial charge in [-0.2, -0.15) is 0 Å². The predicted molar refractivity (Wildman–Crippen MR) is 77.7 cm³/mol. The number of aliphatic imine (C=N–C) groups is 1. The first-order valence-corrected chi connectivity index (χ1v) is 7.29. The fourth-order valence-electron chi connectivity index (χ4n) is 2.08. The zero-order valence-corrected chi connectivity index (χ0v) is 11.8. The summed E-state index contributed by atoms with van der Waals surface area (Å²) >= 11 is 1.66. The van der Waals surface area contributed by atoms with Crippen LogP contribution >= 0.6 is 11.3 Å². The van der Waals surface area contributed by atoms with Crippen molar-refractivity contribution in [1.29, 1.82) is 0 Å². The number of rotatable bonds is 3. The molecule has 1 fully saturated rings. The number of hydrogen-bond acceptors (Lipinski definition) is 6. The number of aromatic nitrogens is 2. The maximum Gasteiger partial charge on any atom is 0.191 e. The van der Waals surface area contributed by atoms with Gasteiger partial charge in [0.05, 0.1) is 6.54 Å². The van der Waals surface area contributed by atoms with E-state index in [0.29, 0.717) is 12.5 Å². The Balaban J connectivity index is 1.53. The van der Waals surface area contributed by atoms with Crippen molar-refractivity contribution < 1.29 is 4.52 Å². The smallest absolute Gasteiger partial charge is 0.191 e. The van der Waals surface area contributed by atoms with E-state index in [-0.39, 0.29) is 0 Å². The first-order chi connectivity index (χ1) is 9.83. The quantitative estimate of drug-likeness (QED) is 0.664. The van der Waals surface area contributed by atoms with Gasteiger partial charge in [0, 0.05) is 43.8 Å². The van der Waals surface area contributed by atoms with Crippen LogP contribution in [0.25, 0.3) is 0 Å². The third kappa shape index (κ3) is 2.90. The molecule has 0 aliphatic carbocycles. The third-order valence-corrected chi connectivity index (χ3v) is 4.02. The second kappa shape index (κ2) is 5.91. The average molecular weight is 292 g/mol. The fraction of sp³-hybridized carbons (Fsp3) is 0.417. The van der Waals surface area contributed by atoms with Crippen LogP contribution in [0.1, 0.15) is 5.69 Å². The highest BCUT2D eigenvalue weighted by Gasteiger charge is 2.19. The topological polar surface area (TPSA) is 83.8 Å². The average Bonchev–Trinajstić information content (AvgIpc) is 3.18. The molecule has 0 atom stereocenters. The summed E-state index contributed by atoms with van der Waals surface area (Å²) in [5.74, 6) is 0.562. The SMILES string of the molecule is NC(=NCc1ccon1)N1CCN(c2nccs2)CC1. The van der Waals surface area contributed by atoms with Crippen LogP contribution < -0.4 is 10.6 Å². The van der Waals surface area contributed by atoms with E-state index in [1.165, 1.54) is 6.26 Å². The van der Waals surface area contributed by atoms with Gasteiger partial charge >= 0.3 is 0 Å². The molecule has 20 heavy (non-hydrogen) atoms. The first-order valence-electron chi connectivity index (χ1n) is 6.41. The number of anilines is 1. The van der Waals surface area contributed by atoms with Crippen molar-refractivity contribution in [2.75, 3.05) is 31.1 Å². The maximum absolute atomic E-state index is 6.02. The fourth-order valence-corrected chi connectivity index (χ4v) is 2.78. The number of nitrogens with zero attached hydrogens (tertiary/aromatic N) is 5. The Hall–Kier alpha value is -2.09. The van der Waals surface area contributed by atoms with E-state index in [0.717, 1.165) is 37.0 Å². The number of guanidine groups is 1. The lowest BCUT2D eigenvalue weighted by Gasteiger charge is -2.35. The van der Waals surface area contributed by atoms with Crippen LogP contribution in [0.4, 0.5) is 5.13 Å². The van der Waals surface area contributed by atoms with Crippen LogP contribution in [0.5, 0.6) is 0 Å². The minimum absolute atomic E-state index is 0.453. The summed E-state index contributed by atoms with van der Waals surface area (Å²) in [6.07, 6.45) is 3.37. The zero-order valence-electron chi connectivity index (χ0n) is 11.0. The highest BCUT2D eigenvalue weighted by Crippen LogP contribution is 2.18. The minimum atomic E-state index is 0.453. The van der Waals surface area contributed by atoms with Gasteiger partial charge in [-0.05, 0) is 0 Å². The van der Waals surface area contributed by atoms with E-state index in [1.54, 1.807) is 17.4 Å². The number of nitrogens with two attached hydrogens (primary N) is 1. The summed E-state index contributed by atoms with van der Waals surface area (Å²) < 4.78 is 4.76. The molecule has 3 heterocycles. The van der Waals surface area contributed by atoms with Gasteiger partial charge in [-0.3, -0.25) is 0 Å². The third-order valence-electron chi connectivity index (χ3n) is 3.19. The Morgan fingerprint density at radius 1 is 1.40 bits per heavy atom. The molecule has 3 rings (SSSR count). The van der Waals surface area contributed by atoms with Crippen LogP contribution in [-0.2, 0) is 6.54 Å². The van der Waals surface area contributed by atoms with Crippen molar-refractivity contribution in [3.63, 3.8) is 0 Å². The highest BCUT2D eigenvalue weighted by atomic mass is 32.1. The summed E-state index contributed by atoms with van der Waals surface area (Å²) in [5, 5.41) is 6.88. The second-order valence-electron chi connectivity index (χ2n) is 4.45. The molecule has 0 aromatic carbocycles. The van der Waals surface area contributed by atoms with Crippen LogP contribution in [-0.4, -0.2) is 47.2 Å². The Morgan fingerprint density at radius 2 is 2.25 bits per heavy atom.